The van der Waals surface area contributed by atoms with E-state index in [4.69, 9.17) is 5.11 Å². The second kappa shape index (κ2) is 8.84. The summed E-state index contributed by atoms with van der Waals surface area (Å²) in [6.45, 7) is 0.576. The summed E-state index contributed by atoms with van der Waals surface area (Å²) in [6, 6.07) is 11.3. The van der Waals surface area contributed by atoms with Gasteiger partial charge in [-0.15, -0.1) is 0 Å². The van der Waals surface area contributed by atoms with Crippen LogP contribution in [0.1, 0.15) is 24.8 Å². The van der Waals surface area contributed by atoms with Gasteiger partial charge in [0.15, 0.2) is 0 Å². The van der Waals surface area contributed by atoms with Crippen molar-refractivity contribution in [2.24, 2.45) is 4.99 Å². The monoisotopic (exact) mass is 451 g/mol. The summed E-state index contributed by atoms with van der Waals surface area (Å²) < 4.78 is 55.1. The first-order valence-electron chi connectivity index (χ1n) is 9.15. The number of rotatable bonds is 8. The van der Waals surface area contributed by atoms with Crippen LogP contribution in [0.4, 0.5) is 5.69 Å². The molecule has 11 heteroatoms. The molecule has 1 heterocycles. The maximum absolute atomic E-state index is 12.6. The number of sulfonamides is 2. The molecular weight excluding hydrogens is 430 g/mol. The molecule has 9 nitrogen and oxygen atoms in total. The van der Waals surface area contributed by atoms with E-state index in [9.17, 15) is 21.6 Å². The minimum absolute atomic E-state index is 0.0201. The Bertz CT molecular complexity index is 1170. The second-order valence-corrected chi connectivity index (χ2v) is 10.1. The molecular formula is C19H21N3O6S2. The van der Waals surface area contributed by atoms with Crippen LogP contribution in [0, 0.1) is 0 Å². The number of aliphatic carboxylic acids is 1. The fraction of sp³-hybridized carbons (Fsp3) is 0.263. The summed E-state index contributed by atoms with van der Waals surface area (Å²) in [6.07, 6.45) is 1.58. The number of hydrogen-bond acceptors (Lipinski definition) is 6. The van der Waals surface area contributed by atoms with Gasteiger partial charge in [0.1, 0.15) is 5.84 Å². The Morgan fingerprint density at radius 3 is 2.30 bits per heavy atom. The van der Waals surface area contributed by atoms with Crippen molar-refractivity contribution in [1.29, 1.82) is 0 Å². The van der Waals surface area contributed by atoms with Gasteiger partial charge in [-0.05, 0) is 48.7 Å². The smallest absolute Gasteiger partial charge is 0.303 e. The van der Waals surface area contributed by atoms with Gasteiger partial charge in [-0.3, -0.25) is 19.2 Å². The molecule has 0 saturated carbocycles. The SMILES string of the molecule is O=C(O)CCc1ccc(S(=O)(=O)Nc2cccc(S(=O)(=O)NC3=NCCC3)c2)cc1. The molecule has 0 saturated heterocycles. The van der Waals surface area contributed by atoms with E-state index >= 15 is 0 Å². The van der Waals surface area contributed by atoms with Crippen LogP contribution in [-0.2, 0) is 31.3 Å². The van der Waals surface area contributed by atoms with E-state index in [1.165, 1.54) is 36.4 Å². The molecule has 160 valence electrons. The van der Waals surface area contributed by atoms with E-state index in [0.717, 1.165) is 6.42 Å². The van der Waals surface area contributed by atoms with Crippen LogP contribution in [0.3, 0.4) is 0 Å². The Morgan fingerprint density at radius 2 is 1.67 bits per heavy atom. The summed E-state index contributed by atoms with van der Waals surface area (Å²) in [5.74, 6) is -0.540. The maximum atomic E-state index is 12.6. The zero-order valence-electron chi connectivity index (χ0n) is 15.9. The maximum Gasteiger partial charge on any atom is 0.303 e. The number of nitrogens with one attached hydrogen (secondary N) is 2. The minimum atomic E-state index is -3.95. The number of aliphatic imine (C=N–C) groups is 1. The van der Waals surface area contributed by atoms with E-state index in [1.807, 2.05) is 0 Å². The molecule has 0 amide bonds. The molecule has 0 fully saturated rings. The zero-order chi connectivity index (χ0) is 21.8. The molecule has 1 aliphatic rings. The molecule has 30 heavy (non-hydrogen) atoms. The summed E-state index contributed by atoms with van der Waals surface area (Å²) in [5, 5.41) is 8.72. The van der Waals surface area contributed by atoms with Crippen molar-refractivity contribution in [1.82, 2.24) is 4.72 Å². The first kappa shape index (κ1) is 21.8. The fourth-order valence-electron chi connectivity index (χ4n) is 2.86. The van der Waals surface area contributed by atoms with Gasteiger partial charge in [0.25, 0.3) is 20.0 Å². The largest absolute Gasteiger partial charge is 0.481 e. The minimum Gasteiger partial charge on any atom is -0.481 e. The molecule has 0 aliphatic carbocycles. The Morgan fingerprint density at radius 1 is 0.967 bits per heavy atom. The molecule has 0 atom stereocenters. The molecule has 2 aromatic carbocycles. The predicted molar refractivity (Wildman–Crippen MR) is 112 cm³/mol. The fourth-order valence-corrected chi connectivity index (χ4v) is 5.05. The van der Waals surface area contributed by atoms with Crippen molar-refractivity contribution in [3.63, 3.8) is 0 Å². The average Bonchev–Trinajstić information content (AvgIpc) is 3.19. The van der Waals surface area contributed by atoms with E-state index in [-0.39, 0.29) is 21.9 Å². The normalized spacial score (nSPS) is 14.2. The lowest BCUT2D eigenvalue weighted by Crippen LogP contribution is -2.29. The van der Waals surface area contributed by atoms with Crippen molar-refractivity contribution in [3.8, 4) is 0 Å². The molecule has 2 aromatic rings. The number of benzene rings is 2. The Labute approximate surface area is 175 Å². The molecule has 0 bridgehead atoms. The topological polar surface area (TPSA) is 142 Å². The third kappa shape index (κ3) is 5.57. The molecule has 1 aliphatic heterocycles. The predicted octanol–water partition coefficient (Wildman–Crippen LogP) is 1.98. The number of carboxylic acid groups (broad SMARTS) is 1. The summed E-state index contributed by atoms with van der Waals surface area (Å²) in [7, 11) is -7.82. The van der Waals surface area contributed by atoms with Crippen LogP contribution in [0.25, 0.3) is 0 Å². The summed E-state index contributed by atoms with van der Waals surface area (Å²) in [5.41, 5.74) is 0.798. The van der Waals surface area contributed by atoms with Crippen molar-refractivity contribution in [3.05, 3.63) is 54.1 Å². The Balaban J connectivity index is 1.75. The van der Waals surface area contributed by atoms with Crippen LogP contribution in [0.5, 0.6) is 0 Å². The molecule has 0 unspecified atom stereocenters. The lowest BCUT2D eigenvalue weighted by molar-refractivity contribution is -0.136. The van der Waals surface area contributed by atoms with Crippen LogP contribution in [0.2, 0.25) is 0 Å². The van der Waals surface area contributed by atoms with Crippen LogP contribution in [0.15, 0.2) is 63.3 Å². The highest BCUT2D eigenvalue weighted by Crippen LogP contribution is 2.20. The third-order valence-corrected chi connectivity index (χ3v) is 7.16. The van der Waals surface area contributed by atoms with E-state index in [1.54, 1.807) is 12.1 Å². The van der Waals surface area contributed by atoms with Gasteiger partial charge in [-0.1, -0.05) is 18.2 Å². The number of nitrogens with zero attached hydrogens (tertiary/aromatic N) is 1. The van der Waals surface area contributed by atoms with Gasteiger partial charge in [-0.2, -0.15) is 0 Å². The van der Waals surface area contributed by atoms with Crippen molar-refractivity contribution in [2.45, 2.75) is 35.5 Å². The highest BCUT2D eigenvalue weighted by Gasteiger charge is 2.20. The van der Waals surface area contributed by atoms with Gasteiger partial charge < -0.3 is 5.11 Å². The number of carbonyl (C=O) groups is 1. The molecule has 0 aromatic heterocycles. The van der Waals surface area contributed by atoms with Gasteiger partial charge in [0.2, 0.25) is 0 Å². The summed E-state index contributed by atoms with van der Waals surface area (Å²) >= 11 is 0. The lowest BCUT2D eigenvalue weighted by atomic mass is 10.1. The zero-order valence-corrected chi connectivity index (χ0v) is 17.5. The second-order valence-electron chi connectivity index (χ2n) is 6.71. The number of aryl methyl sites for hydroxylation is 1. The van der Waals surface area contributed by atoms with E-state index in [0.29, 0.717) is 30.8 Å². The van der Waals surface area contributed by atoms with Crippen molar-refractivity contribution >= 4 is 37.5 Å². The van der Waals surface area contributed by atoms with Crippen molar-refractivity contribution in [2.75, 3.05) is 11.3 Å². The first-order chi connectivity index (χ1) is 14.2. The van der Waals surface area contributed by atoms with Crippen molar-refractivity contribution < 1.29 is 26.7 Å². The van der Waals surface area contributed by atoms with Gasteiger partial charge in [-0.25, -0.2) is 16.8 Å². The quantitative estimate of drug-likeness (QED) is 0.560. The number of amidine groups is 1. The Kier molecular flexibility index (Phi) is 6.42. The third-order valence-electron chi connectivity index (χ3n) is 4.38. The van der Waals surface area contributed by atoms with Gasteiger partial charge in [0, 0.05) is 19.4 Å². The van der Waals surface area contributed by atoms with E-state index in [2.05, 4.69) is 14.4 Å². The van der Waals surface area contributed by atoms with Crippen LogP contribution in [-0.4, -0.2) is 40.3 Å². The number of carboxylic acids is 1. The van der Waals surface area contributed by atoms with Crippen LogP contribution >= 0.6 is 0 Å². The highest BCUT2D eigenvalue weighted by molar-refractivity contribution is 7.92. The van der Waals surface area contributed by atoms with Gasteiger partial charge >= 0.3 is 5.97 Å². The molecule has 3 rings (SSSR count). The van der Waals surface area contributed by atoms with Crippen LogP contribution < -0.4 is 9.44 Å². The number of hydrogen-bond donors (Lipinski definition) is 3. The Hall–Kier alpha value is -2.92. The lowest BCUT2D eigenvalue weighted by Gasteiger charge is -2.11. The molecule has 3 N–H and O–H groups in total. The molecule has 0 spiro atoms. The van der Waals surface area contributed by atoms with Gasteiger partial charge in [0.05, 0.1) is 15.5 Å². The first-order valence-corrected chi connectivity index (χ1v) is 12.1. The average molecular weight is 452 g/mol. The molecule has 0 radical (unpaired) electrons. The standard InChI is InChI=1S/C19H21N3O6S2/c23-19(24)11-8-14-6-9-16(10-7-14)29(25,26)21-15-3-1-4-17(13-15)30(27,28)22-18-5-2-12-20-18/h1,3-4,6-7,9-10,13,21H,2,5,8,11-12H2,(H,20,22)(H,23,24). The number of anilines is 1. The highest BCUT2D eigenvalue weighted by atomic mass is 32.2. The van der Waals surface area contributed by atoms with E-state index < -0.39 is 26.0 Å². The summed E-state index contributed by atoms with van der Waals surface area (Å²) in [4.78, 5) is 14.6.